The Kier molecular flexibility index (Phi) is 9.20. The van der Waals surface area contributed by atoms with Crippen LogP contribution in [0.4, 0.5) is 17.1 Å². The molecule has 1 heterocycles. The summed E-state index contributed by atoms with van der Waals surface area (Å²) in [4.78, 5) is 2.42. The Morgan fingerprint density at radius 3 is 1.55 bits per heavy atom. The van der Waals surface area contributed by atoms with Crippen molar-refractivity contribution in [3.63, 3.8) is 0 Å². The van der Waals surface area contributed by atoms with Crippen LogP contribution >= 0.6 is 0 Å². The Morgan fingerprint density at radius 2 is 0.797 bits per heavy atom. The first-order chi connectivity index (χ1) is 31.7. The Labute approximate surface area is 372 Å². The summed E-state index contributed by atoms with van der Waals surface area (Å²) in [5.74, 6) is 0. The first-order valence-electron chi connectivity index (χ1n) is 21.9. The number of hydrogen-bond acceptors (Lipinski definition) is 2. The van der Waals surface area contributed by atoms with Crippen LogP contribution in [0.3, 0.4) is 0 Å². The van der Waals surface area contributed by atoms with E-state index in [1.165, 1.54) is 43.8 Å². The van der Waals surface area contributed by atoms with Gasteiger partial charge in [0.25, 0.3) is 0 Å². The number of anilines is 3. The molecule has 2 nitrogen and oxygen atoms in total. The summed E-state index contributed by atoms with van der Waals surface area (Å²) in [5, 5.41) is 7.18. The first-order valence-corrected chi connectivity index (χ1v) is 21.9. The zero-order chi connectivity index (χ0) is 42.4. The fourth-order valence-electron chi connectivity index (χ4n) is 9.39. The lowest BCUT2D eigenvalue weighted by molar-refractivity contribution is 0.670. The molecule has 0 amide bonds. The zero-order valence-corrected chi connectivity index (χ0v) is 35.0. The highest BCUT2D eigenvalue weighted by atomic mass is 16.3. The lowest BCUT2D eigenvalue weighted by atomic mass is 9.95. The number of nitrogens with zero attached hydrogens (tertiary/aromatic N) is 1. The fourth-order valence-corrected chi connectivity index (χ4v) is 9.39. The minimum absolute atomic E-state index is 0.892. The summed E-state index contributed by atoms with van der Waals surface area (Å²) in [7, 11) is 0. The summed E-state index contributed by atoms with van der Waals surface area (Å²) in [5.41, 5.74) is 16.5. The lowest BCUT2D eigenvalue weighted by Crippen LogP contribution is -2.11. The SMILES string of the molecule is c1ccc(-c2ccc(-c3ccc4ccccc4c3)cc2N(c2ccc(-c3cccc(-c4ccc5ccccc5c4)c3)cc2)c2cccc(-c3cccc4c3oc3ccccc34)c2)cc1. The van der Waals surface area contributed by atoms with Gasteiger partial charge in [-0.05, 0) is 121 Å². The molecule has 12 aromatic rings. The molecule has 0 aliphatic carbocycles. The molecule has 12 rings (SSSR count). The van der Waals surface area contributed by atoms with Gasteiger partial charge in [-0.3, -0.25) is 0 Å². The van der Waals surface area contributed by atoms with Gasteiger partial charge in [0, 0.05) is 33.3 Å². The van der Waals surface area contributed by atoms with Crippen LogP contribution in [0.1, 0.15) is 0 Å². The van der Waals surface area contributed by atoms with Crippen LogP contribution in [-0.2, 0) is 0 Å². The highest BCUT2D eigenvalue weighted by Gasteiger charge is 2.21. The third kappa shape index (κ3) is 6.79. The average Bonchev–Trinajstić information content (AvgIpc) is 3.76. The molecule has 0 saturated carbocycles. The lowest BCUT2D eigenvalue weighted by Gasteiger charge is -2.29. The number of fused-ring (bicyclic) bond motifs is 5. The number of benzene rings is 11. The number of hydrogen-bond donors (Lipinski definition) is 0. The van der Waals surface area contributed by atoms with Crippen molar-refractivity contribution in [2.45, 2.75) is 0 Å². The van der Waals surface area contributed by atoms with Crippen LogP contribution in [0.5, 0.6) is 0 Å². The average molecular weight is 816 g/mol. The third-order valence-corrected chi connectivity index (χ3v) is 12.6. The predicted octanol–water partition coefficient (Wildman–Crippen LogP) is 17.7. The maximum absolute atomic E-state index is 6.58. The van der Waals surface area contributed by atoms with E-state index in [2.05, 4.69) is 241 Å². The van der Waals surface area contributed by atoms with Gasteiger partial charge < -0.3 is 9.32 Å². The van der Waals surface area contributed by atoms with Crippen LogP contribution in [0.2, 0.25) is 0 Å². The quantitative estimate of drug-likeness (QED) is 0.152. The topological polar surface area (TPSA) is 16.4 Å². The molecule has 0 saturated heterocycles. The van der Waals surface area contributed by atoms with E-state index in [1.807, 2.05) is 12.1 Å². The van der Waals surface area contributed by atoms with Crippen LogP contribution in [0.15, 0.2) is 253 Å². The molecular formula is C62H41NO. The zero-order valence-electron chi connectivity index (χ0n) is 35.0. The molecule has 0 radical (unpaired) electrons. The van der Waals surface area contributed by atoms with E-state index in [-0.39, 0.29) is 0 Å². The van der Waals surface area contributed by atoms with Gasteiger partial charge in [0.05, 0.1) is 5.69 Å². The smallest absolute Gasteiger partial charge is 0.143 e. The Bertz CT molecular complexity index is 3670. The van der Waals surface area contributed by atoms with E-state index in [0.29, 0.717) is 0 Å². The summed E-state index contributed by atoms with van der Waals surface area (Å²) >= 11 is 0. The number of para-hydroxylation sites is 2. The van der Waals surface area contributed by atoms with E-state index in [4.69, 9.17) is 4.42 Å². The number of rotatable bonds is 8. The highest BCUT2D eigenvalue weighted by molar-refractivity contribution is 6.09. The van der Waals surface area contributed by atoms with Crippen molar-refractivity contribution in [2.75, 3.05) is 4.90 Å². The molecule has 0 aliphatic rings. The highest BCUT2D eigenvalue weighted by Crippen LogP contribution is 2.45. The Balaban J connectivity index is 1.02. The van der Waals surface area contributed by atoms with Gasteiger partial charge in [0.1, 0.15) is 11.2 Å². The molecule has 0 atom stereocenters. The molecule has 0 unspecified atom stereocenters. The summed E-state index contributed by atoms with van der Waals surface area (Å²) in [6.07, 6.45) is 0. The fraction of sp³-hybridized carbons (Fsp3) is 0. The second-order valence-corrected chi connectivity index (χ2v) is 16.5. The van der Waals surface area contributed by atoms with Crippen molar-refractivity contribution < 1.29 is 4.42 Å². The largest absolute Gasteiger partial charge is 0.455 e. The van der Waals surface area contributed by atoms with Crippen LogP contribution in [-0.4, -0.2) is 0 Å². The van der Waals surface area contributed by atoms with Gasteiger partial charge in [-0.1, -0.05) is 194 Å². The second kappa shape index (κ2) is 15.8. The van der Waals surface area contributed by atoms with E-state index in [0.717, 1.165) is 72.4 Å². The minimum Gasteiger partial charge on any atom is -0.455 e. The third-order valence-electron chi connectivity index (χ3n) is 12.6. The van der Waals surface area contributed by atoms with Crippen molar-refractivity contribution in [2.24, 2.45) is 0 Å². The van der Waals surface area contributed by atoms with E-state index >= 15 is 0 Å². The van der Waals surface area contributed by atoms with Crippen LogP contribution in [0, 0.1) is 0 Å². The molecule has 0 fully saturated rings. The van der Waals surface area contributed by atoms with Crippen molar-refractivity contribution >= 4 is 60.5 Å². The van der Waals surface area contributed by atoms with Gasteiger partial charge in [0.15, 0.2) is 0 Å². The second-order valence-electron chi connectivity index (χ2n) is 16.5. The van der Waals surface area contributed by atoms with Gasteiger partial charge in [-0.15, -0.1) is 0 Å². The van der Waals surface area contributed by atoms with E-state index < -0.39 is 0 Å². The maximum atomic E-state index is 6.58. The molecule has 64 heavy (non-hydrogen) atoms. The van der Waals surface area contributed by atoms with Gasteiger partial charge in [-0.2, -0.15) is 0 Å². The van der Waals surface area contributed by atoms with Crippen molar-refractivity contribution in [3.05, 3.63) is 249 Å². The summed E-state index contributed by atoms with van der Waals surface area (Å²) in [6.45, 7) is 0. The molecule has 1 aromatic heterocycles. The van der Waals surface area contributed by atoms with Gasteiger partial charge in [0.2, 0.25) is 0 Å². The van der Waals surface area contributed by atoms with E-state index in [9.17, 15) is 0 Å². The molecule has 2 heteroatoms. The van der Waals surface area contributed by atoms with Gasteiger partial charge >= 0.3 is 0 Å². The molecule has 0 aliphatic heterocycles. The maximum Gasteiger partial charge on any atom is 0.143 e. The van der Waals surface area contributed by atoms with Gasteiger partial charge in [-0.25, -0.2) is 0 Å². The molecule has 0 bridgehead atoms. The normalized spacial score (nSPS) is 11.4. The first kappa shape index (κ1) is 37.3. The molecule has 11 aromatic carbocycles. The van der Waals surface area contributed by atoms with Crippen molar-refractivity contribution in [1.82, 2.24) is 0 Å². The Morgan fingerprint density at radius 1 is 0.266 bits per heavy atom. The minimum atomic E-state index is 0.892. The van der Waals surface area contributed by atoms with Crippen LogP contribution < -0.4 is 4.90 Å². The standard InChI is InChI=1S/C62H41NO/c1-2-15-45(16-3-1)56-36-33-52(51-30-28-43-14-5-7-18-47(43)39-51)41-60(56)63(55-22-11-21-53(40-55)57-24-12-25-59-58-23-8-9-26-61(58)64-62(57)59)54-34-31-44(32-35-54)48-19-10-20-49(37-48)50-29-27-42-13-4-6-17-46(42)38-50/h1-41H. The molecule has 300 valence electrons. The molecule has 0 spiro atoms. The monoisotopic (exact) mass is 815 g/mol. The summed E-state index contributed by atoms with van der Waals surface area (Å²) < 4.78 is 6.58. The molecule has 0 N–H and O–H groups in total. The predicted molar refractivity (Wildman–Crippen MR) is 271 cm³/mol. The van der Waals surface area contributed by atoms with Crippen molar-refractivity contribution in [1.29, 1.82) is 0 Å². The number of furan rings is 1. The van der Waals surface area contributed by atoms with Crippen molar-refractivity contribution in [3.8, 4) is 55.6 Å². The van der Waals surface area contributed by atoms with Crippen LogP contribution in [0.25, 0.3) is 99.1 Å². The Hall–Kier alpha value is -8.46. The molecular weight excluding hydrogens is 775 g/mol. The summed E-state index contributed by atoms with van der Waals surface area (Å²) in [6, 6.07) is 89.9. The van der Waals surface area contributed by atoms with E-state index in [1.54, 1.807) is 0 Å².